The Bertz CT molecular complexity index is 775. The van der Waals surface area contributed by atoms with Gasteiger partial charge < -0.3 is 4.74 Å². The molecule has 0 spiro atoms. The fraction of sp³-hybridized carbons (Fsp3) is 0.400. The van der Waals surface area contributed by atoms with E-state index in [-0.39, 0.29) is 11.4 Å². The second-order valence-corrected chi connectivity index (χ2v) is 7.06. The molecule has 0 saturated heterocycles. The fourth-order valence-corrected chi connectivity index (χ4v) is 3.44. The monoisotopic (exact) mass is 323 g/mol. The summed E-state index contributed by atoms with van der Waals surface area (Å²) in [7, 11) is -2.20. The van der Waals surface area contributed by atoms with Crippen molar-refractivity contribution in [2.75, 3.05) is 7.11 Å². The van der Waals surface area contributed by atoms with Crippen LogP contribution in [0, 0.1) is 27.7 Å². The molecule has 1 heterocycles. The largest absolute Gasteiger partial charge is 0.495 e. The third kappa shape index (κ3) is 3.15. The Balaban J connectivity index is 2.33. The summed E-state index contributed by atoms with van der Waals surface area (Å²) in [6.45, 7) is 7.68. The average Bonchev–Trinajstić information content (AvgIpc) is 2.78. The maximum absolute atomic E-state index is 12.6. The van der Waals surface area contributed by atoms with E-state index >= 15 is 0 Å². The van der Waals surface area contributed by atoms with Gasteiger partial charge in [0.05, 0.1) is 12.8 Å². The lowest BCUT2D eigenvalue weighted by Crippen LogP contribution is -2.24. The van der Waals surface area contributed by atoms with E-state index in [1.54, 1.807) is 12.1 Å². The summed E-state index contributed by atoms with van der Waals surface area (Å²) >= 11 is 0. The van der Waals surface area contributed by atoms with Crippen molar-refractivity contribution < 1.29 is 13.2 Å². The van der Waals surface area contributed by atoms with E-state index < -0.39 is 10.0 Å². The van der Waals surface area contributed by atoms with Crippen molar-refractivity contribution in [2.24, 2.45) is 0 Å². The summed E-state index contributed by atoms with van der Waals surface area (Å²) in [4.78, 5) is 0.150. The van der Waals surface area contributed by atoms with Crippen LogP contribution in [-0.2, 0) is 16.6 Å². The van der Waals surface area contributed by atoms with Crippen LogP contribution in [0.4, 0.5) is 0 Å². The molecular weight excluding hydrogens is 302 g/mol. The minimum absolute atomic E-state index is 0.150. The number of aryl methyl sites for hydroxylation is 4. The van der Waals surface area contributed by atoms with Gasteiger partial charge in [0.15, 0.2) is 0 Å². The smallest absolute Gasteiger partial charge is 0.244 e. The minimum atomic E-state index is -3.67. The quantitative estimate of drug-likeness (QED) is 0.883. The number of nitrogens with one attached hydrogen (secondary N) is 2. The summed E-state index contributed by atoms with van der Waals surface area (Å²) in [5, 5.41) is 6.91. The number of ether oxygens (including phenoxy) is 1. The van der Waals surface area contributed by atoms with E-state index in [1.807, 2.05) is 27.7 Å². The van der Waals surface area contributed by atoms with Crippen LogP contribution in [-0.4, -0.2) is 25.7 Å². The Kier molecular flexibility index (Phi) is 4.58. The number of aromatic amines is 1. The highest BCUT2D eigenvalue weighted by atomic mass is 32.2. The molecule has 0 atom stereocenters. The normalized spacial score (nSPS) is 11.7. The number of aromatic nitrogens is 2. The predicted octanol–water partition coefficient (Wildman–Crippen LogP) is 2.13. The van der Waals surface area contributed by atoms with Crippen LogP contribution in [0.15, 0.2) is 17.0 Å². The zero-order valence-corrected chi connectivity index (χ0v) is 14.3. The van der Waals surface area contributed by atoms with Crippen molar-refractivity contribution in [1.29, 1.82) is 0 Å². The molecule has 0 aliphatic heterocycles. The zero-order valence-electron chi connectivity index (χ0n) is 13.4. The molecule has 1 aromatic heterocycles. The standard InChI is InChI=1S/C15H21N3O3S/c1-9-6-14(21-5)15(7-10(9)2)22(19,20)16-8-13-11(3)17-18-12(13)4/h6-7,16H,8H2,1-5H3,(H,17,18). The molecule has 0 saturated carbocycles. The van der Waals surface area contributed by atoms with Gasteiger partial charge in [-0.05, 0) is 51.0 Å². The van der Waals surface area contributed by atoms with E-state index in [9.17, 15) is 8.42 Å². The number of rotatable bonds is 5. The van der Waals surface area contributed by atoms with Gasteiger partial charge in [0.2, 0.25) is 10.0 Å². The Morgan fingerprint density at radius 1 is 1.18 bits per heavy atom. The van der Waals surface area contributed by atoms with E-state index in [2.05, 4.69) is 14.9 Å². The van der Waals surface area contributed by atoms with Crippen molar-refractivity contribution >= 4 is 10.0 Å². The molecule has 120 valence electrons. The zero-order chi connectivity index (χ0) is 16.5. The van der Waals surface area contributed by atoms with Crippen molar-refractivity contribution in [3.63, 3.8) is 0 Å². The first-order valence-electron chi connectivity index (χ1n) is 6.91. The second-order valence-electron chi connectivity index (χ2n) is 5.32. The van der Waals surface area contributed by atoms with E-state index in [4.69, 9.17) is 4.74 Å². The third-order valence-electron chi connectivity index (χ3n) is 3.79. The molecule has 1 aromatic carbocycles. The van der Waals surface area contributed by atoms with Crippen molar-refractivity contribution in [3.05, 3.63) is 40.2 Å². The number of sulfonamides is 1. The molecular formula is C15H21N3O3S. The number of hydrogen-bond donors (Lipinski definition) is 2. The molecule has 0 radical (unpaired) electrons. The summed E-state index contributed by atoms with van der Waals surface area (Å²) in [5.41, 5.74) is 4.38. The maximum Gasteiger partial charge on any atom is 0.244 e. The Morgan fingerprint density at radius 2 is 1.82 bits per heavy atom. The minimum Gasteiger partial charge on any atom is -0.495 e. The third-order valence-corrected chi connectivity index (χ3v) is 5.21. The van der Waals surface area contributed by atoms with E-state index in [1.165, 1.54) is 7.11 Å². The molecule has 0 amide bonds. The van der Waals surface area contributed by atoms with Crippen LogP contribution in [0.1, 0.15) is 28.1 Å². The van der Waals surface area contributed by atoms with Crippen LogP contribution < -0.4 is 9.46 Å². The van der Waals surface area contributed by atoms with Crippen LogP contribution >= 0.6 is 0 Å². The molecule has 2 rings (SSSR count). The number of methoxy groups -OCH3 is 1. The molecule has 2 N–H and O–H groups in total. The van der Waals surface area contributed by atoms with Gasteiger partial charge in [-0.1, -0.05) is 0 Å². The molecule has 6 nitrogen and oxygen atoms in total. The lowest BCUT2D eigenvalue weighted by Gasteiger charge is -2.13. The van der Waals surface area contributed by atoms with Gasteiger partial charge in [0.25, 0.3) is 0 Å². The lowest BCUT2D eigenvalue weighted by molar-refractivity contribution is 0.401. The Morgan fingerprint density at radius 3 is 2.36 bits per heavy atom. The molecule has 0 fully saturated rings. The van der Waals surface area contributed by atoms with Gasteiger partial charge in [-0.15, -0.1) is 0 Å². The van der Waals surface area contributed by atoms with Gasteiger partial charge in [0.1, 0.15) is 10.6 Å². The molecule has 22 heavy (non-hydrogen) atoms. The number of nitrogens with zero attached hydrogens (tertiary/aromatic N) is 1. The maximum atomic E-state index is 12.6. The Labute approximate surface area is 130 Å². The molecule has 0 aliphatic rings. The molecule has 2 aromatic rings. The number of hydrogen-bond acceptors (Lipinski definition) is 4. The first-order chi connectivity index (χ1) is 10.3. The number of benzene rings is 1. The average molecular weight is 323 g/mol. The van der Waals surface area contributed by atoms with Crippen LogP contribution in [0.5, 0.6) is 5.75 Å². The first kappa shape index (κ1) is 16.5. The van der Waals surface area contributed by atoms with Gasteiger partial charge in [-0.2, -0.15) is 5.10 Å². The molecule has 0 unspecified atom stereocenters. The highest BCUT2D eigenvalue weighted by molar-refractivity contribution is 7.89. The SMILES string of the molecule is COc1cc(C)c(C)cc1S(=O)(=O)NCc1c(C)n[nH]c1C. The van der Waals surface area contributed by atoms with Crippen LogP contribution in [0.2, 0.25) is 0 Å². The summed E-state index contributed by atoms with van der Waals surface area (Å²) in [5.74, 6) is 0.344. The number of H-pyrrole nitrogens is 1. The van der Waals surface area contributed by atoms with Crippen molar-refractivity contribution in [2.45, 2.75) is 39.1 Å². The molecule has 7 heteroatoms. The highest BCUT2D eigenvalue weighted by Crippen LogP contribution is 2.27. The first-order valence-corrected chi connectivity index (χ1v) is 8.40. The molecule has 0 bridgehead atoms. The summed E-state index contributed by atoms with van der Waals surface area (Å²) in [6.07, 6.45) is 0. The van der Waals surface area contributed by atoms with Gasteiger partial charge in [0, 0.05) is 17.8 Å². The van der Waals surface area contributed by atoms with Crippen molar-refractivity contribution in [1.82, 2.24) is 14.9 Å². The molecule has 0 aliphatic carbocycles. The van der Waals surface area contributed by atoms with Gasteiger partial charge in [-0.3, -0.25) is 5.10 Å². The topological polar surface area (TPSA) is 84.1 Å². The van der Waals surface area contributed by atoms with Crippen LogP contribution in [0.25, 0.3) is 0 Å². The highest BCUT2D eigenvalue weighted by Gasteiger charge is 2.21. The predicted molar refractivity (Wildman–Crippen MR) is 84.6 cm³/mol. The lowest BCUT2D eigenvalue weighted by atomic mass is 10.1. The summed E-state index contributed by atoms with van der Waals surface area (Å²) in [6, 6.07) is 3.36. The fourth-order valence-electron chi connectivity index (χ4n) is 2.21. The van der Waals surface area contributed by atoms with Crippen LogP contribution in [0.3, 0.4) is 0 Å². The van der Waals surface area contributed by atoms with Gasteiger partial charge in [-0.25, -0.2) is 13.1 Å². The van der Waals surface area contributed by atoms with Crippen molar-refractivity contribution in [3.8, 4) is 5.75 Å². The van der Waals surface area contributed by atoms with Gasteiger partial charge >= 0.3 is 0 Å². The Hall–Kier alpha value is -1.86. The summed E-state index contributed by atoms with van der Waals surface area (Å²) < 4.78 is 33.0. The van der Waals surface area contributed by atoms with E-state index in [0.717, 1.165) is 28.1 Å². The van der Waals surface area contributed by atoms with E-state index in [0.29, 0.717) is 5.75 Å². The second kappa shape index (κ2) is 6.10.